The normalized spacial score (nSPS) is 12.6. The van der Waals surface area contributed by atoms with Crippen molar-refractivity contribution < 1.29 is 30.2 Å². The Morgan fingerprint density at radius 3 is 2.52 bits per heavy atom. The molecule has 0 radical (unpaired) electrons. The van der Waals surface area contributed by atoms with E-state index in [0.29, 0.717) is 6.26 Å². The highest BCUT2D eigenvalue weighted by Crippen LogP contribution is 2.40. The molecular formula is C12H8ClF4NO3S2. The molecule has 2 rings (SSSR count). The molecule has 0 bridgehead atoms. The summed E-state index contributed by atoms with van der Waals surface area (Å²) in [5, 5.41) is 0.0615. The van der Waals surface area contributed by atoms with Gasteiger partial charge in [0, 0.05) is 16.1 Å². The Labute approximate surface area is 137 Å². The Kier molecular flexibility index (Phi) is 5.00. The molecule has 0 atom stereocenters. The summed E-state index contributed by atoms with van der Waals surface area (Å²) in [6.07, 6.45) is -4.07. The third-order valence-corrected chi connectivity index (χ3v) is 4.36. The summed E-state index contributed by atoms with van der Waals surface area (Å²) < 4.78 is 83.1. The number of nitrogens with zero attached hydrogens (tertiary/aromatic N) is 1. The standard InChI is InChI=1S/C12H8ClF4NO3S2/c1-23(19,20)21-5-8-10(18-22-11(8)12(15,16)17)7-3-2-6(13)4-9(7)14/h2-4H,5H2,1H3. The third kappa shape index (κ3) is 4.40. The summed E-state index contributed by atoms with van der Waals surface area (Å²) in [4.78, 5) is -1.15. The van der Waals surface area contributed by atoms with E-state index in [1.165, 1.54) is 6.07 Å². The van der Waals surface area contributed by atoms with Crippen LogP contribution in [0.25, 0.3) is 11.3 Å². The van der Waals surface area contributed by atoms with Crippen molar-refractivity contribution in [2.75, 3.05) is 6.26 Å². The van der Waals surface area contributed by atoms with Crippen molar-refractivity contribution in [2.24, 2.45) is 0 Å². The van der Waals surface area contributed by atoms with Gasteiger partial charge in [0.15, 0.2) is 0 Å². The van der Waals surface area contributed by atoms with Crippen molar-refractivity contribution in [3.05, 3.63) is 39.5 Å². The van der Waals surface area contributed by atoms with Gasteiger partial charge in [-0.25, -0.2) is 4.39 Å². The second-order valence-corrected chi connectivity index (χ2v) is 7.28. The molecule has 0 saturated heterocycles. The van der Waals surface area contributed by atoms with Crippen molar-refractivity contribution in [3.63, 3.8) is 0 Å². The van der Waals surface area contributed by atoms with E-state index in [9.17, 15) is 26.0 Å². The fraction of sp³-hybridized carbons (Fsp3) is 0.250. The summed E-state index contributed by atoms with van der Waals surface area (Å²) in [5.41, 5.74) is -1.11. The number of rotatable bonds is 4. The number of alkyl halides is 3. The first-order valence-electron chi connectivity index (χ1n) is 5.84. The second-order valence-electron chi connectivity index (χ2n) is 4.43. The lowest BCUT2D eigenvalue weighted by Gasteiger charge is -2.09. The van der Waals surface area contributed by atoms with Crippen molar-refractivity contribution in [1.29, 1.82) is 0 Å². The lowest BCUT2D eigenvalue weighted by atomic mass is 10.1. The lowest BCUT2D eigenvalue weighted by Crippen LogP contribution is -2.10. The molecule has 0 fully saturated rings. The number of benzene rings is 1. The molecule has 0 unspecified atom stereocenters. The first-order chi connectivity index (χ1) is 10.5. The summed E-state index contributed by atoms with van der Waals surface area (Å²) in [5.74, 6) is -0.878. The predicted octanol–water partition coefficient (Wildman–Crippen LogP) is 4.10. The topological polar surface area (TPSA) is 56.3 Å². The molecule has 1 heterocycles. The first kappa shape index (κ1) is 18.1. The van der Waals surface area contributed by atoms with Crippen LogP contribution in [0.2, 0.25) is 5.02 Å². The predicted molar refractivity (Wildman–Crippen MR) is 77.2 cm³/mol. The van der Waals surface area contributed by atoms with Gasteiger partial charge >= 0.3 is 6.18 Å². The molecule has 0 aliphatic carbocycles. The molecule has 23 heavy (non-hydrogen) atoms. The third-order valence-electron chi connectivity index (χ3n) is 2.65. The van der Waals surface area contributed by atoms with E-state index in [4.69, 9.17) is 11.6 Å². The zero-order valence-corrected chi connectivity index (χ0v) is 13.7. The maximum atomic E-state index is 13.9. The lowest BCUT2D eigenvalue weighted by molar-refractivity contribution is -0.135. The Bertz CT molecular complexity index is 833. The fourth-order valence-electron chi connectivity index (χ4n) is 1.72. The van der Waals surface area contributed by atoms with E-state index in [0.717, 1.165) is 12.1 Å². The van der Waals surface area contributed by atoms with E-state index in [2.05, 4.69) is 8.56 Å². The highest BCUT2D eigenvalue weighted by molar-refractivity contribution is 7.85. The Balaban J connectivity index is 2.57. The van der Waals surface area contributed by atoms with Crippen LogP contribution in [-0.4, -0.2) is 19.0 Å². The highest BCUT2D eigenvalue weighted by atomic mass is 35.5. The zero-order valence-electron chi connectivity index (χ0n) is 11.3. The monoisotopic (exact) mass is 389 g/mol. The van der Waals surface area contributed by atoms with E-state index in [1.54, 1.807) is 0 Å². The van der Waals surface area contributed by atoms with Gasteiger partial charge in [-0.2, -0.15) is 26.0 Å². The van der Waals surface area contributed by atoms with Crippen molar-refractivity contribution in [2.45, 2.75) is 12.8 Å². The Hall–Kier alpha value is -1.23. The average Bonchev–Trinajstić information content (AvgIpc) is 2.79. The second kappa shape index (κ2) is 6.34. The molecule has 0 amide bonds. The minimum atomic E-state index is -4.77. The first-order valence-corrected chi connectivity index (χ1v) is 8.81. The number of aromatic nitrogens is 1. The van der Waals surface area contributed by atoms with E-state index in [1.807, 2.05) is 0 Å². The average molecular weight is 390 g/mol. The zero-order chi connectivity index (χ0) is 17.4. The molecule has 126 valence electrons. The van der Waals surface area contributed by atoms with Crippen LogP contribution in [0, 0.1) is 5.82 Å². The van der Waals surface area contributed by atoms with E-state index >= 15 is 0 Å². The van der Waals surface area contributed by atoms with Gasteiger partial charge < -0.3 is 0 Å². The summed E-state index contributed by atoms with van der Waals surface area (Å²) >= 11 is 5.69. The van der Waals surface area contributed by atoms with Gasteiger partial charge in [0.1, 0.15) is 10.7 Å². The SMILES string of the molecule is CS(=O)(=O)OCc1c(-c2ccc(Cl)cc2F)nsc1C(F)(F)F. The van der Waals surface area contributed by atoms with E-state index < -0.39 is 39.2 Å². The van der Waals surface area contributed by atoms with Gasteiger partial charge in [-0.15, -0.1) is 0 Å². The van der Waals surface area contributed by atoms with Gasteiger partial charge in [-0.1, -0.05) is 11.6 Å². The number of halogens is 5. The van der Waals surface area contributed by atoms with Crippen molar-refractivity contribution in [1.82, 2.24) is 4.37 Å². The van der Waals surface area contributed by atoms with Crippen LogP contribution < -0.4 is 0 Å². The smallest absolute Gasteiger partial charge is 0.265 e. The minimum Gasteiger partial charge on any atom is -0.265 e. The fourth-order valence-corrected chi connectivity index (χ4v) is 2.98. The molecule has 4 nitrogen and oxygen atoms in total. The van der Waals surface area contributed by atoms with Crippen LogP contribution in [0.5, 0.6) is 0 Å². The van der Waals surface area contributed by atoms with Gasteiger partial charge in [0.05, 0.1) is 18.6 Å². The summed E-state index contributed by atoms with van der Waals surface area (Å²) in [7, 11) is -3.98. The Morgan fingerprint density at radius 1 is 1.35 bits per heavy atom. The van der Waals surface area contributed by atoms with Crippen LogP contribution in [0.1, 0.15) is 10.4 Å². The van der Waals surface area contributed by atoms with Gasteiger partial charge in [0.2, 0.25) is 0 Å². The Morgan fingerprint density at radius 2 is 2.00 bits per heavy atom. The summed E-state index contributed by atoms with van der Waals surface area (Å²) in [6, 6.07) is 3.37. The molecule has 1 aromatic heterocycles. The highest BCUT2D eigenvalue weighted by Gasteiger charge is 2.38. The molecule has 0 spiro atoms. The largest absolute Gasteiger partial charge is 0.427 e. The molecule has 0 N–H and O–H groups in total. The van der Waals surface area contributed by atoms with Crippen LogP contribution in [0.3, 0.4) is 0 Å². The maximum absolute atomic E-state index is 13.9. The van der Waals surface area contributed by atoms with Crippen LogP contribution >= 0.6 is 23.1 Å². The van der Waals surface area contributed by atoms with Gasteiger partial charge in [-0.05, 0) is 29.7 Å². The molecule has 1 aromatic carbocycles. The van der Waals surface area contributed by atoms with E-state index in [-0.39, 0.29) is 27.8 Å². The molecule has 11 heteroatoms. The minimum absolute atomic E-state index is 0.0615. The molecule has 2 aromatic rings. The van der Waals surface area contributed by atoms with Crippen LogP contribution in [0.15, 0.2) is 18.2 Å². The van der Waals surface area contributed by atoms with Crippen LogP contribution in [0.4, 0.5) is 17.6 Å². The number of hydrogen-bond acceptors (Lipinski definition) is 5. The van der Waals surface area contributed by atoms with Gasteiger partial charge in [-0.3, -0.25) is 4.18 Å². The maximum Gasteiger partial charge on any atom is 0.427 e. The van der Waals surface area contributed by atoms with Crippen LogP contribution in [-0.2, 0) is 27.1 Å². The van der Waals surface area contributed by atoms with Crippen molar-refractivity contribution >= 4 is 33.3 Å². The number of hydrogen-bond donors (Lipinski definition) is 0. The van der Waals surface area contributed by atoms with Crippen molar-refractivity contribution in [3.8, 4) is 11.3 Å². The molecular weight excluding hydrogens is 382 g/mol. The molecule has 0 aliphatic heterocycles. The summed E-state index contributed by atoms with van der Waals surface area (Å²) in [6.45, 7) is -0.901. The van der Waals surface area contributed by atoms with Gasteiger partial charge in [0.25, 0.3) is 10.1 Å². The molecule has 0 aliphatic rings. The quantitative estimate of drug-likeness (QED) is 0.583. The molecule has 0 saturated carbocycles.